The molecule has 1 fully saturated rings. The minimum Gasteiger partial charge on any atom is -0.481 e. The van der Waals surface area contributed by atoms with E-state index in [-0.39, 0.29) is 19.8 Å². The Kier molecular flexibility index (Phi) is 6.31. The van der Waals surface area contributed by atoms with Crippen LogP contribution in [-0.2, 0) is 22.7 Å². The summed E-state index contributed by atoms with van der Waals surface area (Å²) in [4.78, 5) is 27.7. The van der Waals surface area contributed by atoms with Gasteiger partial charge in [0.2, 0.25) is 6.79 Å². The third-order valence-corrected chi connectivity index (χ3v) is 6.59. The Morgan fingerprint density at radius 3 is 2.51 bits per heavy atom. The minimum atomic E-state index is -0.990. The molecule has 2 N–H and O–H groups in total. The van der Waals surface area contributed by atoms with Gasteiger partial charge in [0.15, 0.2) is 11.5 Å². The molecule has 3 aromatic rings. The fourth-order valence-corrected chi connectivity index (χ4v) is 4.88. The van der Waals surface area contributed by atoms with Crippen LogP contribution in [-0.4, -0.2) is 69.5 Å². The first-order valence-electron chi connectivity index (χ1n) is 11.5. The highest BCUT2D eigenvalue weighted by Crippen LogP contribution is 2.34. The second-order valence-electron chi connectivity index (χ2n) is 8.82. The first kappa shape index (κ1) is 23.1. The molecule has 35 heavy (non-hydrogen) atoms. The minimum absolute atomic E-state index is 0.130. The fraction of sp³-hybridized carbons (Fsp3) is 0.360. The van der Waals surface area contributed by atoms with Gasteiger partial charge in [0.1, 0.15) is 11.9 Å². The molecule has 0 unspecified atom stereocenters. The van der Waals surface area contributed by atoms with E-state index in [1.807, 2.05) is 23.1 Å². The van der Waals surface area contributed by atoms with E-state index in [9.17, 15) is 19.1 Å². The van der Waals surface area contributed by atoms with Gasteiger partial charge in [-0.2, -0.15) is 0 Å². The Bertz CT molecular complexity index is 1270. The summed E-state index contributed by atoms with van der Waals surface area (Å²) < 4.78 is 26.4. The van der Waals surface area contributed by atoms with E-state index < -0.39 is 23.8 Å². The van der Waals surface area contributed by atoms with E-state index in [1.165, 1.54) is 12.1 Å². The van der Waals surface area contributed by atoms with Crippen molar-refractivity contribution in [3.63, 3.8) is 0 Å². The van der Waals surface area contributed by atoms with E-state index >= 15 is 0 Å². The lowest BCUT2D eigenvalue weighted by atomic mass is 10.0. The summed E-state index contributed by atoms with van der Waals surface area (Å²) in [6.45, 7) is 3.54. The van der Waals surface area contributed by atoms with E-state index in [0.717, 1.165) is 23.6 Å². The number of ether oxygens (including phenoxy) is 2. The van der Waals surface area contributed by atoms with Crippen molar-refractivity contribution in [2.45, 2.75) is 25.6 Å². The van der Waals surface area contributed by atoms with Crippen LogP contribution in [0.15, 0.2) is 42.6 Å². The zero-order valence-corrected chi connectivity index (χ0v) is 19.0. The maximum Gasteiger partial charge on any atom is 0.325 e. The van der Waals surface area contributed by atoms with Gasteiger partial charge in [-0.15, -0.1) is 0 Å². The van der Waals surface area contributed by atoms with Crippen LogP contribution in [0.4, 0.5) is 4.39 Å². The molecule has 0 bridgehead atoms. The van der Waals surface area contributed by atoms with Crippen molar-refractivity contribution in [1.82, 2.24) is 14.4 Å². The molecule has 1 aromatic heterocycles. The van der Waals surface area contributed by atoms with Gasteiger partial charge in [-0.1, -0.05) is 6.07 Å². The molecule has 2 aromatic carbocycles. The van der Waals surface area contributed by atoms with Crippen molar-refractivity contribution in [2.75, 3.05) is 33.0 Å². The number of aliphatic carboxylic acids is 2. The summed E-state index contributed by atoms with van der Waals surface area (Å²) in [7, 11) is 0. The van der Waals surface area contributed by atoms with Gasteiger partial charge in [-0.3, -0.25) is 19.4 Å². The Morgan fingerprint density at radius 2 is 1.77 bits per heavy atom. The van der Waals surface area contributed by atoms with E-state index in [0.29, 0.717) is 42.6 Å². The first-order chi connectivity index (χ1) is 16.9. The zero-order valence-electron chi connectivity index (χ0n) is 19.0. The second-order valence-corrected chi connectivity index (χ2v) is 8.82. The molecule has 184 valence electrons. The fourth-order valence-electron chi connectivity index (χ4n) is 4.88. The number of carboxylic acids is 2. The second kappa shape index (κ2) is 9.55. The predicted molar refractivity (Wildman–Crippen MR) is 124 cm³/mol. The van der Waals surface area contributed by atoms with Crippen molar-refractivity contribution in [2.24, 2.45) is 0 Å². The standard InChI is InChI=1S/C25H26FN3O6/c26-17-2-3-18-19(14-29(20(18)12-17)6-5-23(30)31)24(25(32)33)28-9-7-27(8-10-28)13-16-1-4-21-22(11-16)35-15-34-21/h1-4,11-12,14,24H,5-10,13,15H2,(H,30,31)(H,32,33)/t24-/m1/s1. The average Bonchev–Trinajstić information content (AvgIpc) is 3.43. The van der Waals surface area contributed by atoms with Gasteiger partial charge in [0, 0.05) is 56.4 Å². The summed E-state index contributed by atoms with van der Waals surface area (Å²) in [5.74, 6) is -0.940. The number of piperazine rings is 1. The summed E-state index contributed by atoms with van der Waals surface area (Å²) in [6, 6.07) is 9.16. The molecule has 9 nitrogen and oxygen atoms in total. The van der Waals surface area contributed by atoms with Gasteiger partial charge in [0.25, 0.3) is 0 Å². The molecular weight excluding hydrogens is 457 g/mol. The number of hydrogen-bond donors (Lipinski definition) is 2. The van der Waals surface area contributed by atoms with Crippen LogP contribution in [0.5, 0.6) is 11.5 Å². The lowest BCUT2D eigenvalue weighted by Gasteiger charge is -2.37. The molecule has 2 aliphatic rings. The van der Waals surface area contributed by atoms with Crippen LogP contribution >= 0.6 is 0 Å². The van der Waals surface area contributed by atoms with E-state index in [4.69, 9.17) is 14.6 Å². The summed E-state index contributed by atoms with van der Waals surface area (Å²) >= 11 is 0. The molecule has 0 amide bonds. The molecule has 0 saturated carbocycles. The lowest BCUT2D eigenvalue weighted by Crippen LogP contribution is -2.48. The molecule has 0 spiro atoms. The first-order valence-corrected chi connectivity index (χ1v) is 11.5. The maximum absolute atomic E-state index is 14.0. The molecule has 0 radical (unpaired) electrons. The van der Waals surface area contributed by atoms with Gasteiger partial charge >= 0.3 is 11.9 Å². The summed E-state index contributed by atoms with van der Waals surface area (Å²) in [5, 5.41) is 19.8. The van der Waals surface area contributed by atoms with Crippen LogP contribution in [0.2, 0.25) is 0 Å². The molecule has 10 heteroatoms. The van der Waals surface area contributed by atoms with Crippen molar-refractivity contribution >= 4 is 22.8 Å². The third-order valence-electron chi connectivity index (χ3n) is 6.59. The molecule has 1 saturated heterocycles. The number of carbonyl (C=O) groups is 2. The van der Waals surface area contributed by atoms with Crippen molar-refractivity contribution in [1.29, 1.82) is 0 Å². The van der Waals surface area contributed by atoms with Crippen molar-refractivity contribution in [3.8, 4) is 11.5 Å². The highest BCUT2D eigenvalue weighted by atomic mass is 19.1. The normalized spacial score (nSPS) is 17.1. The van der Waals surface area contributed by atoms with Crippen molar-refractivity contribution in [3.05, 3.63) is 59.5 Å². The highest BCUT2D eigenvalue weighted by molar-refractivity contribution is 5.90. The van der Waals surface area contributed by atoms with Crippen LogP contribution in [0.25, 0.3) is 10.9 Å². The number of rotatable bonds is 8. The van der Waals surface area contributed by atoms with Crippen molar-refractivity contribution < 1.29 is 33.7 Å². The van der Waals surface area contributed by atoms with E-state index in [1.54, 1.807) is 16.8 Å². The Balaban J connectivity index is 1.33. The molecule has 3 heterocycles. The highest BCUT2D eigenvalue weighted by Gasteiger charge is 2.33. The zero-order chi connectivity index (χ0) is 24.5. The van der Waals surface area contributed by atoms with Gasteiger partial charge in [-0.25, -0.2) is 4.39 Å². The number of benzene rings is 2. The number of aryl methyl sites for hydroxylation is 1. The molecule has 2 aliphatic heterocycles. The monoisotopic (exact) mass is 483 g/mol. The number of fused-ring (bicyclic) bond motifs is 2. The molecule has 5 rings (SSSR count). The molecule has 0 aliphatic carbocycles. The topological polar surface area (TPSA) is 104 Å². The molecule has 1 atom stereocenters. The van der Waals surface area contributed by atoms with Crippen LogP contribution in [0.3, 0.4) is 0 Å². The number of halogens is 1. The largest absolute Gasteiger partial charge is 0.481 e. The Hall–Kier alpha value is -3.63. The average molecular weight is 483 g/mol. The van der Waals surface area contributed by atoms with Crippen LogP contribution in [0.1, 0.15) is 23.6 Å². The van der Waals surface area contributed by atoms with E-state index in [2.05, 4.69) is 4.90 Å². The maximum atomic E-state index is 14.0. The van der Waals surface area contributed by atoms with Crippen LogP contribution in [0, 0.1) is 5.82 Å². The third kappa shape index (κ3) is 4.80. The Morgan fingerprint density at radius 1 is 1.00 bits per heavy atom. The Labute approximate surface area is 200 Å². The van der Waals surface area contributed by atoms with Gasteiger partial charge < -0.3 is 24.3 Å². The lowest BCUT2D eigenvalue weighted by molar-refractivity contribution is -0.144. The van der Waals surface area contributed by atoms with Gasteiger partial charge in [-0.05, 0) is 35.9 Å². The summed E-state index contributed by atoms with van der Waals surface area (Å²) in [6.07, 6.45) is 1.51. The van der Waals surface area contributed by atoms with Crippen LogP contribution < -0.4 is 9.47 Å². The number of carboxylic acid groups (broad SMARTS) is 2. The SMILES string of the molecule is O=C(O)CCn1cc([C@H](C(=O)O)N2CCN(Cc3ccc4c(c3)OCO4)CC2)c2ccc(F)cc21. The number of nitrogens with zero attached hydrogens (tertiary/aromatic N) is 3. The summed E-state index contributed by atoms with van der Waals surface area (Å²) in [5.41, 5.74) is 2.14. The number of aromatic nitrogens is 1. The quantitative estimate of drug-likeness (QED) is 0.504. The van der Waals surface area contributed by atoms with Gasteiger partial charge in [0.05, 0.1) is 11.9 Å². The smallest absolute Gasteiger partial charge is 0.325 e. The molecular formula is C25H26FN3O6. The predicted octanol–water partition coefficient (Wildman–Crippen LogP) is 2.93. The number of hydrogen-bond acceptors (Lipinski definition) is 6.